The molecule has 0 spiro atoms. The van der Waals surface area contributed by atoms with Crippen molar-refractivity contribution in [3.8, 4) is 5.75 Å². The first kappa shape index (κ1) is 16.6. The molecule has 1 fully saturated rings. The fourth-order valence-corrected chi connectivity index (χ4v) is 2.03. The van der Waals surface area contributed by atoms with Gasteiger partial charge >= 0.3 is 19.5 Å². The van der Waals surface area contributed by atoms with Gasteiger partial charge in [0.15, 0.2) is 0 Å². The van der Waals surface area contributed by atoms with Crippen molar-refractivity contribution in [2.75, 3.05) is 7.11 Å². The quantitative estimate of drug-likeness (QED) is 0.577. The van der Waals surface area contributed by atoms with Crippen molar-refractivity contribution in [2.45, 2.75) is 39.0 Å². The van der Waals surface area contributed by atoms with E-state index in [1.54, 1.807) is 7.11 Å². The van der Waals surface area contributed by atoms with Crippen LogP contribution in [-0.4, -0.2) is 7.11 Å². The van der Waals surface area contributed by atoms with Crippen molar-refractivity contribution in [3.05, 3.63) is 42.7 Å². The van der Waals surface area contributed by atoms with E-state index in [4.69, 9.17) is 4.74 Å². The van der Waals surface area contributed by atoms with Crippen LogP contribution >= 0.6 is 0 Å². The average Bonchev–Trinajstić information content (AvgIpc) is 2.83. The van der Waals surface area contributed by atoms with E-state index >= 15 is 0 Å². The zero-order valence-corrected chi connectivity index (χ0v) is 14.2. The van der Waals surface area contributed by atoms with Crippen molar-refractivity contribution < 1.29 is 24.2 Å². The Balaban J connectivity index is 0.000000583. The molecule has 0 radical (unpaired) electrons. The molecule has 2 rings (SSSR count). The predicted octanol–water partition coefficient (Wildman–Crippen LogP) is 4.39. The third kappa shape index (κ3) is 5.21. The maximum atomic E-state index is 5.34. The molecule has 0 unspecified atom stereocenters. The maximum Gasteiger partial charge on any atom is 2.00 e. The number of methoxy groups -OCH3 is 1. The van der Waals surface area contributed by atoms with Crippen molar-refractivity contribution in [3.63, 3.8) is 0 Å². The van der Waals surface area contributed by atoms with E-state index in [-0.39, 0.29) is 19.5 Å². The second-order valence-electron chi connectivity index (χ2n) is 4.09. The molecule has 0 amide bonds. The van der Waals surface area contributed by atoms with Crippen LogP contribution in [0.5, 0.6) is 5.75 Å². The molecule has 1 nitrogen and oxygen atoms in total. The van der Waals surface area contributed by atoms with Crippen LogP contribution in [0, 0.1) is 12.8 Å². The number of benzene rings is 1. The molecule has 0 aliphatic heterocycles. The van der Waals surface area contributed by atoms with Gasteiger partial charge in [0.2, 0.25) is 0 Å². The zero-order chi connectivity index (χ0) is 11.8. The van der Waals surface area contributed by atoms with Crippen molar-refractivity contribution in [1.29, 1.82) is 0 Å². The largest absolute Gasteiger partial charge is 2.00 e. The molecule has 1 atom stereocenters. The van der Waals surface area contributed by atoms with Gasteiger partial charge in [-0.1, -0.05) is 31.0 Å². The summed E-state index contributed by atoms with van der Waals surface area (Å²) < 4.78 is 5.34. The van der Waals surface area contributed by atoms with Gasteiger partial charge in [0, 0.05) is 0 Å². The molecule has 1 saturated carbocycles. The molecule has 0 heterocycles. The topological polar surface area (TPSA) is 9.23 Å². The number of ether oxygens (including phenoxy) is 1. The van der Waals surface area contributed by atoms with Crippen LogP contribution < -0.4 is 4.74 Å². The molecule has 0 aromatic heterocycles. The van der Waals surface area contributed by atoms with E-state index in [9.17, 15) is 0 Å². The summed E-state index contributed by atoms with van der Waals surface area (Å²) in [6.45, 7) is 4.00. The predicted molar refractivity (Wildman–Crippen MR) is 69.5 cm³/mol. The van der Waals surface area contributed by atoms with E-state index in [2.05, 4.69) is 18.6 Å². The summed E-state index contributed by atoms with van der Waals surface area (Å²) in [5.74, 6) is 1.65. The summed E-state index contributed by atoms with van der Waals surface area (Å²) >= 11 is 0. The fraction of sp³-hybridized carbons (Fsp3) is 0.467. The molecular formula is C15H22OZn. The van der Waals surface area contributed by atoms with Gasteiger partial charge in [-0.2, -0.15) is 20.3 Å². The van der Waals surface area contributed by atoms with Gasteiger partial charge in [-0.25, -0.2) is 0 Å². The Morgan fingerprint density at radius 2 is 1.94 bits per heavy atom. The maximum absolute atomic E-state index is 5.34. The van der Waals surface area contributed by atoms with Crippen LogP contribution in [0.2, 0.25) is 0 Å². The monoisotopic (exact) mass is 282 g/mol. The normalized spacial score (nSPS) is 17.7. The third-order valence-electron chi connectivity index (χ3n) is 2.71. The van der Waals surface area contributed by atoms with Crippen LogP contribution in [0.3, 0.4) is 0 Å². The smallest absolute Gasteiger partial charge is 0.497 e. The van der Waals surface area contributed by atoms with Crippen LogP contribution in [0.4, 0.5) is 0 Å². The minimum Gasteiger partial charge on any atom is -0.497 e. The third-order valence-corrected chi connectivity index (χ3v) is 2.71. The molecule has 90 valence electrons. The van der Waals surface area contributed by atoms with Crippen molar-refractivity contribution >= 4 is 0 Å². The molecule has 0 saturated heterocycles. The van der Waals surface area contributed by atoms with E-state index in [0.717, 1.165) is 5.75 Å². The summed E-state index contributed by atoms with van der Waals surface area (Å²) in [4.78, 5) is 0. The Bertz CT molecular complexity index is 293. The van der Waals surface area contributed by atoms with E-state index < -0.39 is 0 Å². The Morgan fingerprint density at radius 3 is 2.47 bits per heavy atom. The van der Waals surface area contributed by atoms with Crippen LogP contribution in [0.15, 0.2) is 24.3 Å². The first-order valence-corrected chi connectivity index (χ1v) is 6.03. The summed E-state index contributed by atoms with van der Waals surface area (Å²) in [5.41, 5.74) is 1.35. The first-order valence-electron chi connectivity index (χ1n) is 6.03. The fourth-order valence-electron chi connectivity index (χ4n) is 2.03. The molecule has 1 aromatic rings. The molecule has 17 heavy (non-hydrogen) atoms. The van der Waals surface area contributed by atoms with Gasteiger partial charge in [-0.3, -0.25) is 0 Å². The Kier molecular flexibility index (Phi) is 9.45. The average molecular weight is 284 g/mol. The summed E-state index contributed by atoms with van der Waals surface area (Å²) in [5, 5.41) is 0. The molecule has 2 heteroatoms. The number of hydrogen-bond acceptors (Lipinski definition) is 1. The van der Waals surface area contributed by atoms with Crippen LogP contribution in [0.1, 0.15) is 44.6 Å². The summed E-state index contributed by atoms with van der Waals surface area (Å²) in [7, 11) is 1.74. The Hall–Kier alpha value is -0.357. The number of para-hydroxylation sites is 1. The van der Waals surface area contributed by atoms with Gasteiger partial charge in [-0.05, 0) is 11.6 Å². The minimum absolute atomic E-state index is 0. The second kappa shape index (κ2) is 9.65. The molecule has 0 N–H and O–H groups in total. The van der Waals surface area contributed by atoms with E-state index in [1.165, 1.54) is 24.8 Å². The van der Waals surface area contributed by atoms with Gasteiger partial charge in [0.1, 0.15) is 5.75 Å². The number of rotatable bonds is 2. The van der Waals surface area contributed by atoms with E-state index in [0.29, 0.717) is 5.92 Å². The van der Waals surface area contributed by atoms with Crippen molar-refractivity contribution in [1.82, 2.24) is 0 Å². The van der Waals surface area contributed by atoms with Gasteiger partial charge in [-0.15, -0.1) is 5.92 Å². The van der Waals surface area contributed by atoms with Gasteiger partial charge in [0.05, 0.1) is 7.11 Å². The second-order valence-corrected chi connectivity index (χ2v) is 4.09. The minimum atomic E-state index is 0. The van der Waals surface area contributed by atoms with E-state index in [1.807, 2.05) is 32.4 Å². The summed E-state index contributed by atoms with van der Waals surface area (Å²) in [6, 6.07) is 8.33. The number of hydrogen-bond donors (Lipinski definition) is 0. The van der Waals surface area contributed by atoms with Gasteiger partial charge in [0.25, 0.3) is 0 Å². The molecular weight excluding hydrogens is 262 g/mol. The zero-order valence-electron chi connectivity index (χ0n) is 11.3. The molecule has 1 aromatic carbocycles. The Labute approximate surface area is 119 Å². The first-order chi connectivity index (χ1) is 7.83. The molecule has 1 aliphatic carbocycles. The van der Waals surface area contributed by atoms with Crippen LogP contribution in [-0.2, 0) is 19.5 Å². The SMILES string of the molecule is COc1ccccc1[C@@H]1[CH-]CCC1.C[CH-]C.[Zn+2]. The van der Waals surface area contributed by atoms with Crippen LogP contribution in [0.25, 0.3) is 0 Å². The standard InChI is InChI=1S/C12H15O.C3H7.Zn/c1-13-12-9-5-4-8-11(12)10-6-2-3-7-10;1-3-2;/h4-6,8-10H,2-3,7H2,1H3;3H,1-2H3;/q2*-1;+2/t10-;;/m1../s1. The van der Waals surface area contributed by atoms with Crippen molar-refractivity contribution in [2.24, 2.45) is 0 Å². The molecule has 1 aliphatic rings. The molecule has 0 bridgehead atoms. The summed E-state index contributed by atoms with van der Waals surface area (Å²) in [6.07, 6.45) is 8.25. The Morgan fingerprint density at radius 1 is 1.29 bits per heavy atom. The van der Waals surface area contributed by atoms with Gasteiger partial charge < -0.3 is 17.6 Å².